The number of allylic oxidation sites excluding steroid dienone is 2. The van der Waals surface area contributed by atoms with Gasteiger partial charge in [-0.05, 0) is 26.0 Å². The van der Waals surface area contributed by atoms with Gasteiger partial charge in [0.2, 0.25) is 0 Å². The monoisotopic (exact) mass is 483 g/mol. The Bertz CT molecular complexity index is 1310. The molecule has 1 aliphatic heterocycles. The Labute approximate surface area is 200 Å². The summed E-state index contributed by atoms with van der Waals surface area (Å²) in [6, 6.07) is 5.42. The van der Waals surface area contributed by atoms with Crippen molar-refractivity contribution in [2.75, 3.05) is 28.4 Å². The molecule has 0 fully saturated rings. The van der Waals surface area contributed by atoms with Crippen LogP contribution >= 0.6 is 11.3 Å². The first kappa shape index (κ1) is 23.4. The third kappa shape index (κ3) is 3.69. The molecule has 0 atom stereocenters. The van der Waals surface area contributed by atoms with Gasteiger partial charge in [0.05, 0.1) is 56.9 Å². The second-order valence-electron chi connectivity index (χ2n) is 7.59. The van der Waals surface area contributed by atoms with Crippen LogP contribution < -0.4 is 14.8 Å². The number of benzene rings is 1. The SMILES string of the molecule is COC(=O)C1=C(C)NC(C)=C(C(=O)OC)C1c1c(-c2ccc(OC)cc2OC)nc2sccn12. The van der Waals surface area contributed by atoms with Gasteiger partial charge in [-0.1, -0.05) is 0 Å². The summed E-state index contributed by atoms with van der Waals surface area (Å²) in [6.07, 6.45) is 1.86. The van der Waals surface area contributed by atoms with Crippen molar-refractivity contribution >= 4 is 28.2 Å². The number of hydrogen-bond acceptors (Lipinski definition) is 9. The number of imidazole rings is 1. The third-order valence-electron chi connectivity index (χ3n) is 5.81. The lowest BCUT2D eigenvalue weighted by molar-refractivity contribution is -0.137. The lowest BCUT2D eigenvalue weighted by Gasteiger charge is -2.30. The Balaban J connectivity index is 2.08. The zero-order valence-corrected chi connectivity index (χ0v) is 20.5. The van der Waals surface area contributed by atoms with Crippen molar-refractivity contribution in [1.82, 2.24) is 14.7 Å². The van der Waals surface area contributed by atoms with E-state index in [1.165, 1.54) is 25.6 Å². The molecular weight excluding hydrogens is 458 g/mol. The Morgan fingerprint density at radius 2 is 1.65 bits per heavy atom. The van der Waals surface area contributed by atoms with E-state index in [9.17, 15) is 9.59 Å². The number of rotatable bonds is 6. The number of ether oxygens (including phenoxy) is 4. The molecule has 3 heterocycles. The second-order valence-corrected chi connectivity index (χ2v) is 8.46. The van der Waals surface area contributed by atoms with Gasteiger partial charge in [-0.2, -0.15) is 0 Å². The van der Waals surface area contributed by atoms with E-state index in [-0.39, 0.29) is 0 Å². The molecule has 0 radical (unpaired) electrons. The van der Waals surface area contributed by atoms with Crippen LogP contribution in [0.3, 0.4) is 0 Å². The molecule has 0 aliphatic carbocycles. The molecule has 3 aromatic rings. The molecule has 1 N–H and O–H groups in total. The number of methoxy groups -OCH3 is 4. The predicted octanol–water partition coefficient (Wildman–Crippen LogP) is 3.66. The van der Waals surface area contributed by atoms with Crippen LogP contribution in [-0.2, 0) is 19.1 Å². The largest absolute Gasteiger partial charge is 0.497 e. The van der Waals surface area contributed by atoms with Crippen molar-refractivity contribution < 1.29 is 28.5 Å². The van der Waals surface area contributed by atoms with Crippen molar-refractivity contribution in [2.24, 2.45) is 0 Å². The second kappa shape index (κ2) is 9.22. The van der Waals surface area contributed by atoms with Crippen LogP contribution in [0.25, 0.3) is 16.2 Å². The molecule has 1 aromatic carbocycles. The minimum Gasteiger partial charge on any atom is -0.497 e. The van der Waals surface area contributed by atoms with E-state index >= 15 is 0 Å². The summed E-state index contributed by atoms with van der Waals surface area (Å²) in [5, 5.41) is 5.02. The standard InChI is InChI=1S/C24H25N3O6S/c1-12-17(22(28)32-5)19(18(13(2)25-12)23(29)33-6)21-20(26-24-27(21)9-10-34-24)15-8-7-14(30-3)11-16(15)31-4/h7-11,19,25H,1-6H3. The lowest BCUT2D eigenvalue weighted by atomic mass is 9.81. The molecule has 9 nitrogen and oxygen atoms in total. The molecule has 1 aliphatic rings. The van der Waals surface area contributed by atoms with Crippen molar-refractivity contribution in [3.63, 3.8) is 0 Å². The highest BCUT2D eigenvalue weighted by Crippen LogP contribution is 2.45. The predicted molar refractivity (Wildman–Crippen MR) is 127 cm³/mol. The average Bonchev–Trinajstić information content (AvgIpc) is 3.43. The first-order chi connectivity index (χ1) is 16.4. The van der Waals surface area contributed by atoms with Crippen LogP contribution in [0.5, 0.6) is 11.5 Å². The minimum absolute atomic E-state index is 0.301. The number of hydrogen-bond donors (Lipinski definition) is 1. The molecule has 2 aromatic heterocycles. The van der Waals surface area contributed by atoms with E-state index in [4.69, 9.17) is 23.9 Å². The van der Waals surface area contributed by atoms with E-state index in [1.807, 2.05) is 28.1 Å². The maximum Gasteiger partial charge on any atom is 0.336 e. The Morgan fingerprint density at radius 3 is 2.21 bits per heavy atom. The Morgan fingerprint density at radius 1 is 1.00 bits per heavy atom. The average molecular weight is 484 g/mol. The molecular formula is C24H25N3O6S. The topological polar surface area (TPSA) is 100 Å². The highest BCUT2D eigenvalue weighted by molar-refractivity contribution is 7.15. The minimum atomic E-state index is -0.799. The van der Waals surface area contributed by atoms with E-state index < -0.39 is 17.9 Å². The van der Waals surface area contributed by atoms with Crippen molar-refractivity contribution in [3.05, 3.63) is 58.0 Å². The molecule has 0 amide bonds. The number of nitrogens with one attached hydrogen (secondary N) is 1. The molecule has 4 rings (SSSR count). The number of carbonyl (C=O) groups excluding carboxylic acids is 2. The number of dihydropyridines is 1. The van der Waals surface area contributed by atoms with E-state index in [2.05, 4.69) is 5.32 Å². The molecule has 0 saturated heterocycles. The number of carbonyl (C=O) groups is 2. The Hall–Kier alpha value is -3.79. The highest BCUT2D eigenvalue weighted by Gasteiger charge is 2.41. The van der Waals surface area contributed by atoms with Gasteiger partial charge in [0.1, 0.15) is 11.5 Å². The van der Waals surface area contributed by atoms with Gasteiger partial charge in [0.25, 0.3) is 0 Å². The zero-order valence-electron chi connectivity index (χ0n) is 19.7. The first-order valence-corrected chi connectivity index (χ1v) is 11.3. The summed E-state index contributed by atoms with van der Waals surface area (Å²) in [7, 11) is 5.77. The quantitative estimate of drug-likeness (QED) is 0.530. The molecule has 10 heteroatoms. The van der Waals surface area contributed by atoms with Gasteiger partial charge in [-0.15, -0.1) is 11.3 Å². The smallest absolute Gasteiger partial charge is 0.336 e. The van der Waals surface area contributed by atoms with E-state index in [0.717, 1.165) is 0 Å². The summed E-state index contributed by atoms with van der Waals surface area (Å²) in [6.45, 7) is 3.55. The fraction of sp³-hybridized carbons (Fsp3) is 0.292. The molecule has 0 saturated carbocycles. The van der Waals surface area contributed by atoms with Gasteiger partial charge in [0.15, 0.2) is 4.96 Å². The molecule has 0 spiro atoms. The number of esters is 2. The van der Waals surface area contributed by atoms with Crippen molar-refractivity contribution in [3.8, 4) is 22.8 Å². The van der Waals surface area contributed by atoms with Crippen molar-refractivity contribution in [2.45, 2.75) is 19.8 Å². The molecule has 178 valence electrons. The van der Waals surface area contributed by atoms with Crippen LogP contribution in [0, 0.1) is 0 Å². The van der Waals surface area contributed by atoms with Gasteiger partial charge < -0.3 is 24.3 Å². The normalized spacial score (nSPS) is 14.3. The van der Waals surface area contributed by atoms with E-state index in [0.29, 0.717) is 56.0 Å². The number of nitrogens with zero attached hydrogens (tertiary/aromatic N) is 2. The van der Waals surface area contributed by atoms with Gasteiger partial charge in [-0.3, -0.25) is 4.40 Å². The number of aromatic nitrogens is 2. The summed E-state index contributed by atoms with van der Waals surface area (Å²) >= 11 is 1.44. The maximum absolute atomic E-state index is 13.0. The van der Waals surface area contributed by atoms with Crippen LogP contribution in [0.15, 0.2) is 52.3 Å². The number of thiazole rings is 1. The van der Waals surface area contributed by atoms with Crippen LogP contribution in [0.2, 0.25) is 0 Å². The fourth-order valence-corrected chi connectivity index (χ4v) is 5.02. The molecule has 0 bridgehead atoms. The first-order valence-electron chi connectivity index (χ1n) is 10.4. The van der Waals surface area contributed by atoms with Crippen molar-refractivity contribution in [1.29, 1.82) is 0 Å². The number of fused-ring (bicyclic) bond motifs is 1. The highest BCUT2D eigenvalue weighted by atomic mass is 32.1. The fourth-order valence-electron chi connectivity index (χ4n) is 4.30. The lowest BCUT2D eigenvalue weighted by Crippen LogP contribution is -2.32. The maximum atomic E-state index is 13.0. The summed E-state index contributed by atoms with van der Waals surface area (Å²) in [5.74, 6) is -0.737. The Kier molecular flexibility index (Phi) is 6.34. The summed E-state index contributed by atoms with van der Waals surface area (Å²) in [4.78, 5) is 31.6. The third-order valence-corrected chi connectivity index (χ3v) is 6.56. The van der Waals surface area contributed by atoms with Crippen LogP contribution in [-0.4, -0.2) is 49.8 Å². The van der Waals surface area contributed by atoms with Crippen LogP contribution in [0.4, 0.5) is 0 Å². The zero-order chi connectivity index (χ0) is 24.6. The van der Waals surface area contributed by atoms with Gasteiger partial charge >= 0.3 is 11.9 Å². The van der Waals surface area contributed by atoms with Crippen LogP contribution in [0.1, 0.15) is 25.5 Å². The van der Waals surface area contributed by atoms with Gasteiger partial charge in [0, 0.05) is 34.6 Å². The van der Waals surface area contributed by atoms with Gasteiger partial charge in [-0.25, -0.2) is 14.6 Å². The molecule has 34 heavy (non-hydrogen) atoms. The molecule has 0 unspecified atom stereocenters. The summed E-state index contributed by atoms with van der Waals surface area (Å²) in [5.41, 5.74) is 3.66. The summed E-state index contributed by atoms with van der Waals surface area (Å²) < 4.78 is 23.1. The van der Waals surface area contributed by atoms with E-state index in [1.54, 1.807) is 34.1 Å².